The van der Waals surface area contributed by atoms with E-state index in [0.29, 0.717) is 17.1 Å². The van der Waals surface area contributed by atoms with E-state index in [2.05, 4.69) is 64.2 Å². The predicted octanol–water partition coefficient (Wildman–Crippen LogP) is 6.56. The molecule has 0 bridgehead atoms. The summed E-state index contributed by atoms with van der Waals surface area (Å²) >= 11 is 0. The van der Waals surface area contributed by atoms with Gasteiger partial charge < -0.3 is 9.16 Å². The summed E-state index contributed by atoms with van der Waals surface area (Å²) in [5.41, 5.74) is 1.29. The van der Waals surface area contributed by atoms with Crippen LogP contribution in [0, 0.1) is 5.92 Å². The zero-order valence-electron chi connectivity index (χ0n) is 17.0. The zero-order valence-corrected chi connectivity index (χ0v) is 18.0. The molecule has 0 heterocycles. The third-order valence-electron chi connectivity index (χ3n) is 6.13. The molecule has 2 atom stereocenters. The average molecular weight is 363 g/mol. The fraction of sp³-hybridized carbons (Fsp3) is 0.727. The molecule has 0 N–H and O–H groups in total. The summed E-state index contributed by atoms with van der Waals surface area (Å²) in [6, 6.07) is 10.6. The molecule has 1 aromatic carbocycles. The first-order valence-electron chi connectivity index (χ1n) is 10.1. The molecule has 0 aliphatic heterocycles. The third kappa shape index (κ3) is 6.54. The van der Waals surface area contributed by atoms with E-state index >= 15 is 0 Å². The maximum absolute atomic E-state index is 6.35. The highest BCUT2D eigenvalue weighted by atomic mass is 28.4. The number of hydrogen-bond acceptors (Lipinski definition) is 2. The van der Waals surface area contributed by atoms with Crippen LogP contribution in [0.25, 0.3) is 0 Å². The molecule has 0 radical (unpaired) electrons. The molecule has 1 aromatic rings. The van der Waals surface area contributed by atoms with Gasteiger partial charge in [-0.2, -0.15) is 0 Å². The SMILES string of the molecule is CC(C)(C)[Si](C)(C)OCCCC1CCCC[C@@H]1OCc1ccccc1. The Balaban J connectivity index is 1.75. The van der Waals surface area contributed by atoms with Gasteiger partial charge >= 0.3 is 0 Å². The second kappa shape index (κ2) is 9.34. The predicted molar refractivity (Wildman–Crippen MR) is 109 cm³/mol. The van der Waals surface area contributed by atoms with Crippen molar-refractivity contribution >= 4 is 8.32 Å². The molecule has 1 aliphatic rings. The largest absolute Gasteiger partial charge is 0.417 e. The van der Waals surface area contributed by atoms with Crippen LogP contribution in [0.3, 0.4) is 0 Å². The van der Waals surface area contributed by atoms with Crippen molar-refractivity contribution < 1.29 is 9.16 Å². The number of rotatable bonds is 8. The van der Waals surface area contributed by atoms with Crippen LogP contribution in [0.2, 0.25) is 18.1 Å². The molecular weight excluding hydrogens is 324 g/mol. The minimum atomic E-state index is -1.60. The first-order valence-corrected chi connectivity index (χ1v) is 13.0. The molecule has 1 saturated carbocycles. The highest BCUT2D eigenvalue weighted by molar-refractivity contribution is 6.74. The summed E-state index contributed by atoms with van der Waals surface area (Å²) in [6.07, 6.45) is 8.06. The summed E-state index contributed by atoms with van der Waals surface area (Å²) < 4.78 is 12.6. The monoisotopic (exact) mass is 362 g/mol. The summed E-state index contributed by atoms with van der Waals surface area (Å²) in [6.45, 7) is 13.3. The molecule has 0 saturated heterocycles. The van der Waals surface area contributed by atoms with E-state index in [-0.39, 0.29) is 0 Å². The van der Waals surface area contributed by atoms with Gasteiger partial charge in [-0.15, -0.1) is 0 Å². The van der Waals surface area contributed by atoms with Crippen LogP contribution >= 0.6 is 0 Å². The molecule has 2 rings (SSSR count). The van der Waals surface area contributed by atoms with Gasteiger partial charge in [0.05, 0.1) is 12.7 Å². The van der Waals surface area contributed by atoms with Crippen LogP contribution < -0.4 is 0 Å². The Morgan fingerprint density at radius 3 is 2.40 bits per heavy atom. The fourth-order valence-electron chi connectivity index (χ4n) is 3.39. The normalized spacial score (nSPS) is 22.1. The first-order chi connectivity index (χ1) is 11.8. The second-order valence-corrected chi connectivity index (χ2v) is 13.9. The number of benzene rings is 1. The van der Waals surface area contributed by atoms with Gasteiger partial charge in [-0.1, -0.05) is 63.9 Å². The topological polar surface area (TPSA) is 18.5 Å². The molecule has 0 aromatic heterocycles. The van der Waals surface area contributed by atoms with Gasteiger partial charge in [0.1, 0.15) is 0 Å². The van der Waals surface area contributed by atoms with Crippen LogP contribution in [0.4, 0.5) is 0 Å². The van der Waals surface area contributed by atoms with Gasteiger partial charge in [0.15, 0.2) is 8.32 Å². The lowest BCUT2D eigenvalue weighted by Crippen LogP contribution is -2.41. The Labute approximate surface area is 156 Å². The van der Waals surface area contributed by atoms with Crippen molar-refractivity contribution in [2.75, 3.05) is 6.61 Å². The average Bonchev–Trinajstić information content (AvgIpc) is 2.57. The Morgan fingerprint density at radius 1 is 1.04 bits per heavy atom. The molecule has 142 valence electrons. The van der Waals surface area contributed by atoms with Crippen LogP contribution in [0.15, 0.2) is 30.3 Å². The fourth-order valence-corrected chi connectivity index (χ4v) is 4.48. The molecule has 25 heavy (non-hydrogen) atoms. The zero-order chi connectivity index (χ0) is 18.3. The molecule has 1 unspecified atom stereocenters. The van der Waals surface area contributed by atoms with E-state index in [1.165, 1.54) is 44.1 Å². The summed E-state index contributed by atoms with van der Waals surface area (Å²) in [5, 5.41) is 0.305. The van der Waals surface area contributed by atoms with Crippen LogP contribution in [0.5, 0.6) is 0 Å². The van der Waals surface area contributed by atoms with Crippen LogP contribution in [0.1, 0.15) is 64.9 Å². The van der Waals surface area contributed by atoms with Gasteiger partial charge in [-0.3, -0.25) is 0 Å². The lowest BCUT2D eigenvalue weighted by Gasteiger charge is -2.36. The number of hydrogen-bond donors (Lipinski definition) is 0. The smallest absolute Gasteiger partial charge is 0.191 e. The Hall–Kier alpha value is -0.643. The third-order valence-corrected chi connectivity index (χ3v) is 10.7. The van der Waals surface area contributed by atoms with E-state index in [0.717, 1.165) is 13.2 Å². The highest BCUT2D eigenvalue weighted by Gasteiger charge is 2.37. The maximum atomic E-state index is 6.35. The minimum absolute atomic E-state index is 0.305. The molecule has 0 amide bonds. The van der Waals surface area contributed by atoms with E-state index in [9.17, 15) is 0 Å². The minimum Gasteiger partial charge on any atom is -0.417 e. The van der Waals surface area contributed by atoms with Gasteiger partial charge in [-0.25, -0.2) is 0 Å². The molecule has 2 nitrogen and oxygen atoms in total. The Morgan fingerprint density at radius 2 is 1.72 bits per heavy atom. The molecular formula is C22H38O2Si. The van der Waals surface area contributed by atoms with Gasteiger partial charge in [0.2, 0.25) is 0 Å². The molecule has 0 spiro atoms. The van der Waals surface area contributed by atoms with Crippen molar-refractivity contribution in [2.24, 2.45) is 5.92 Å². The van der Waals surface area contributed by atoms with E-state index in [1.54, 1.807) is 0 Å². The molecule has 1 aliphatic carbocycles. The van der Waals surface area contributed by atoms with Gasteiger partial charge in [0.25, 0.3) is 0 Å². The van der Waals surface area contributed by atoms with Crippen LogP contribution in [-0.4, -0.2) is 21.0 Å². The molecule has 3 heteroatoms. The van der Waals surface area contributed by atoms with Crippen molar-refractivity contribution in [1.29, 1.82) is 0 Å². The summed E-state index contributed by atoms with van der Waals surface area (Å²) in [4.78, 5) is 0. The Bertz CT molecular complexity index is 492. The van der Waals surface area contributed by atoms with Crippen molar-refractivity contribution in [3.63, 3.8) is 0 Å². The maximum Gasteiger partial charge on any atom is 0.191 e. The quantitative estimate of drug-likeness (QED) is 0.385. The van der Waals surface area contributed by atoms with Crippen LogP contribution in [-0.2, 0) is 15.8 Å². The number of ether oxygens (including phenoxy) is 1. The van der Waals surface area contributed by atoms with E-state index < -0.39 is 8.32 Å². The molecule has 1 fully saturated rings. The van der Waals surface area contributed by atoms with E-state index in [4.69, 9.17) is 9.16 Å². The summed E-state index contributed by atoms with van der Waals surface area (Å²) in [7, 11) is -1.60. The standard InChI is InChI=1S/C22H38O2Si/c1-22(2,3)25(4,5)24-17-11-15-20-14-9-10-16-21(20)23-18-19-12-7-6-8-13-19/h6-8,12-13,20-21H,9-11,14-18H2,1-5H3/t20?,21-/m0/s1. The lowest BCUT2D eigenvalue weighted by atomic mass is 9.83. The second-order valence-electron chi connectivity index (χ2n) is 9.13. The van der Waals surface area contributed by atoms with Gasteiger partial charge in [-0.05, 0) is 55.3 Å². The first kappa shape index (κ1) is 20.7. The summed E-state index contributed by atoms with van der Waals surface area (Å²) in [5.74, 6) is 0.709. The lowest BCUT2D eigenvalue weighted by molar-refractivity contribution is -0.0249. The van der Waals surface area contributed by atoms with Crippen molar-refractivity contribution in [2.45, 2.75) is 90.1 Å². The van der Waals surface area contributed by atoms with Crippen molar-refractivity contribution in [3.8, 4) is 0 Å². The highest BCUT2D eigenvalue weighted by Crippen LogP contribution is 2.37. The Kier molecular flexibility index (Phi) is 7.72. The van der Waals surface area contributed by atoms with Crippen molar-refractivity contribution in [3.05, 3.63) is 35.9 Å². The van der Waals surface area contributed by atoms with E-state index in [1.807, 2.05) is 0 Å². The van der Waals surface area contributed by atoms with Crippen molar-refractivity contribution in [1.82, 2.24) is 0 Å². The van der Waals surface area contributed by atoms with Gasteiger partial charge in [0, 0.05) is 6.61 Å².